The van der Waals surface area contributed by atoms with Crippen LogP contribution in [0.5, 0.6) is 5.75 Å². The van der Waals surface area contributed by atoms with Crippen LogP contribution in [-0.2, 0) is 6.42 Å². The second-order valence-electron chi connectivity index (χ2n) is 5.12. The van der Waals surface area contributed by atoms with Gasteiger partial charge in [0.25, 0.3) is 0 Å². The Labute approximate surface area is 145 Å². The zero-order valence-electron chi connectivity index (χ0n) is 13.7. The number of rotatable bonds is 6. The molecule has 0 aliphatic rings. The van der Waals surface area contributed by atoms with E-state index in [0.717, 1.165) is 34.1 Å². The van der Waals surface area contributed by atoms with E-state index in [0.29, 0.717) is 0 Å². The van der Waals surface area contributed by atoms with Gasteiger partial charge in [-0.15, -0.1) is 0 Å². The number of thiazole rings is 1. The van der Waals surface area contributed by atoms with Crippen LogP contribution in [0.4, 0.5) is 5.13 Å². The van der Waals surface area contributed by atoms with Gasteiger partial charge in [0.2, 0.25) is 5.13 Å². The summed E-state index contributed by atoms with van der Waals surface area (Å²) in [5.41, 5.74) is 6.11. The third-order valence-electron chi connectivity index (χ3n) is 3.57. The zero-order chi connectivity index (χ0) is 16.8. The Morgan fingerprint density at radius 3 is 2.62 bits per heavy atom. The third kappa shape index (κ3) is 3.63. The first-order chi connectivity index (χ1) is 11.8. The highest BCUT2D eigenvalue weighted by Crippen LogP contribution is 2.31. The first kappa shape index (κ1) is 16.2. The van der Waals surface area contributed by atoms with Gasteiger partial charge in [0.15, 0.2) is 0 Å². The minimum absolute atomic E-state index is 0.789. The van der Waals surface area contributed by atoms with Crippen LogP contribution in [0, 0.1) is 0 Å². The van der Waals surface area contributed by atoms with Gasteiger partial charge in [0.05, 0.1) is 19.0 Å². The molecule has 0 spiro atoms. The van der Waals surface area contributed by atoms with Gasteiger partial charge in [-0.05, 0) is 18.6 Å². The largest absolute Gasteiger partial charge is 0.496 e. The molecule has 3 aromatic rings. The summed E-state index contributed by atoms with van der Waals surface area (Å²) in [5, 5.41) is 5.08. The van der Waals surface area contributed by atoms with E-state index in [-0.39, 0.29) is 0 Å². The van der Waals surface area contributed by atoms with Crippen molar-refractivity contribution < 1.29 is 4.74 Å². The van der Waals surface area contributed by atoms with Gasteiger partial charge in [-0.2, -0.15) is 5.10 Å². The fourth-order valence-corrected chi connectivity index (χ4v) is 3.26. The fourth-order valence-electron chi connectivity index (χ4n) is 2.39. The molecule has 3 rings (SSSR count). The van der Waals surface area contributed by atoms with Gasteiger partial charge in [0.1, 0.15) is 5.75 Å². The van der Waals surface area contributed by atoms with Crippen LogP contribution in [0.15, 0.2) is 59.7 Å². The molecule has 4 nitrogen and oxygen atoms in total. The summed E-state index contributed by atoms with van der Waals surface area (Å²) in [6, 6.07) is 18.0. The van der Waals surface area contributed by atoms with E-state index >= 15 is 0 Å². The van der Waals surface area contributed by atoms with Crippen molar-refractivity contribution in [2.45, 2.75) is 13.3 Å². The molecule has 122 valence electrons. The first-order valence-electron chi connectivity index (χ1n) is 7.79. The third-order valence-corrected chi connectivity index (χ3v) is 4.67. The van der Waals surface area contributed by atoms with E-state index in [1.165, 1.54) is 4.88 Å². The maximum Gasteiger partial charge on any atom is 0.204 e. The Morgan fingerprint density at radius 2 is 1.88 bits per heavy atom. The Hall–Kier alpha value is -2.66. The summed E-state index contributed by atoms with van der Waals surface area (Å²) in [6.07, 6.45) is 2.69. The van der Waals surface area contributed by atoms with E-state index in [1.54, 1.807) is 24.7 Å². The lowest BCUT2D eigenvalue weighted by Crippen LogP contribution is -1.93. The van der Waals surface area contributed by atoms with Gasteiger partial charge >= 0.3 is 0 Å². The second-order valence-corrected chi connectivity index (χ2v) is 6.21. The Balaban J connectivity index is 1.79. The summed E-state index contributed by atoms with van der Waals surface area (Å²) >= 11 is 1.63. The van der Waals surface area contributed by atoms with Crippen molar-refractivity contribution in [3.63, 3.8) is 0 Å². The highest BCUT2D eigenvalue weighted by molar-refractivity contribution is 7.16. The van der Waals surface area contributed by atoms with Crippen molar-refractivity contribution >= 4 is 22.7 Å². The highest BCUT2D eigenvalue weighted by Gasteiger charge is 2.11. The minimum atomic E-state index is 0.789. The maximum atomic E-state index is 5.31. The van der Waals surface area contributed by atoms with Crippen LogP contribution >= 0.6 is 11.3 Å². The van der Waals surface area contributed by atoms with E-state index in [2.05, 4.69) is 34.6 Å². The summed E-state index contributed by atoms with van der Waals surface area (Å²) in [7, 11) is 1.65. The van der Waals surface area contributed by atoms with E-state index in [4.69, 9.17) is 4.74 Å². The molecular formula is C19H19N3OS. The standard InChI is InChI=1S/C19H19N3OS/c1-3-17-18(14-9-5-4-6-10-14)21-19(24-17)22-20-13-15-11-7-8-12-16(15)23-2/h4-13H,3H2,1-2H3,(H,21,22)/b20-13-. The van der Waals surface area contributed by atoms with Gasteiger partial charge in [-0.1, -0.05) is 60.7 Å². The van der Waals surface area contributed by atoms with Crippen molar-refractivity contribution in [1.82, 2.24) is 4.98 Å². The molecular weight excluding hydrogens is 318 g/mol. The van der Waals surface area contributed by atoms with Gasteiger partial charge in [0, 0.05) is 16.0 Å². The van der Waals surface area contributed by atoms with Crippen molar-refractivity contribution in [2.75, 3.05) is 12.5 Å². The number of benzene rings is 2. The van der Waals surface area contributed by atoms with Crippen molar-refractivity contribution in [3.8, 4) is 17.0 Å². The number of ether oxygens (including phenoxy) is 1. The highest BCUT2D eigenvalue weighted by atomic mass is 32.1. The number of hydrazone groups is 1. The number of aryl methyl sites for hydroxylation is 1. The number of nitrogens with zero attached hydrogens (tertiary/aromatic N) is 2. The Morgan fingerprint density at radius 1 is 1.12 bits per heavy atom. The second kappa shape index (κ2) is 7.75. The Kier molecular flexibility index (Phi) is 5.23. The predicted octanol–water partition coefficient (Wildman–Crippen LogP) is 4.83. The van der Waals surface area contributed by atoms with Crippen LogP contribution in [-0.4, -0.2) is 18.3 Å². The van der Waals surface area contributed by atoms with E-state index < -0.39 is 0 Å². The van der Waals surface area contributed by atoms with Crippen molar-refractivity contribution in [2.24, 2.45) is 5.10 Å². The number of aromatic nitrogens is 1. The van der Waals surface area contributed by atoms with Crippen molar-refractivity contribution in [3.05, 3.63) is 65.0 Å². The topological polar surface area (TPSA) is 46.5 Å². The molecule has 24 heavy (non-hydrogen) atoms. The predicted molar refractivity (Wildman–Crippen MR) is 101 cm³/mol. The Bertz CT molecular complexity index is 828. The van der Waals surface area contributed by atoms with Crippen molar-refractivity contribution in [1.29, 1.82) is 0 Å². The fraction of sp³-hybridized carbons (Fsp3) is 0.158. The number of para-hydroxylation sites is 1. The number of anilines is 1. The lowest BCUT2D eigenvalue weighted by molar-refractivity contribution is 0.414. The summed E-state index contributed by atoms with van der Waals surface area (Å²) in [4.78, 5) is 5.93. The molecule has 0 radical (unpaired) electrons. The molecule has 0 fully saturated rings. The molecule has 1 heterocycles. The molecule has 2 aromatic carbocycles. The average molecular weight is 337 g/mol. The van der Waals surface area contributed by atoms with Gasteiger partial charge < -0.3 is 4.74 Å². The summed E-state index contributed by atoms with van der Waals surface area (Å²) < 4.78 is 5.31. The molecule has 1 N–H and O–H groups in total. The van der Waals surface area contributed by atoms with Crippen LogP contribution in [0.25, 0.3) is 11.3 Å². The molecule has 0 aliphatic heterocycles. The normalized spacial score (nSPS) is 10.9. The van der Waals surface area contributed by atoms with Crippen LogP contribution in [0.1, 0.15) is 17.4 Å². The lowest BCUT2D eigenvalue weighted by Gasteiger charge is -2.02. The monoisotopic (exact) mass is 337 g/mol. The zero-order valence-corrected chi connectivity index (χ0v) is 14.5. The summed E-state index contributed by atoms with van der Waals surface area (Å²) in [5.74, 6) is 0.793. The van der Waals surface area contributed by atoms with Crippen LogP contribution < -0.4 is 10.2 Å². The SMILES string of the molecule is CCc1sc(N/N=C\c2ccccc2OC)nc1-c1ccccc1. The maximum absolute atomic E-state index is 5.31. The molecule has 0 bridgehead atoms. The average Bonchev–Trinajstić information content (AvgIpc) is 3.06. The molecule has 5 heteroatoms. The molecule has 0 atom stereocenters. The van der Waals surface area contributed by atoms with Gasteiger partial charge in [-0.25, -0.2) is 4.98 Å². The first-order valence-corrected chi connectivity index (χ1v) is 8.60. The van der Waals surface area contributed by atoms with Crippen LogP contribution in [0.2, 0.25) is 0 Å². The number of hydrogen-bond donors (Lipinski definition) is 1. The minimum Gasteiger partial charge on any atom is -0.496 e. The molecule has 0 unspecified atom stereocenters. The summed E-state index contributed by atoms with van der Waals surface area (Å²) in [6.45, 7) is 2.14. The van der Waals surface area contributed by atoms with Crippen LogP contribution in [0.3, 0.4) is 0 Å². The molecule has 1 aromatic heterocycles. The molecule has 0 saturated carbocycles. The molecule has 0 amide bonds. The quantitative estimate of drug-likeness (QED) is 0.518. The number of methoxy groups -OCH3 is 1. The molecule has 0 saturated heterocycles. The smallest absolute Gasteiger partial charge is 0.204 e. The number of hydrogen-bond acceptors (Lipinski definition) is 5. The van der Waals surface area contributed by atoms with E-state index in [1.807, 2.05) is 42.5 Å². The lowest BCUT2D eigenvalue weighted by atomic mass is 10.1. The van der Waals surface area contributed by atoms with Gasteiger partial charge in [-0.3, -0.25) is 5.43 Å². The van der Waals surface area contributed by atoms with E-state index in [9.17, 15) is 0 Å². The molecule has 0 aliphatic carbocycles. The number of nitrogens with one attached hydrogen (secondary N) is 1.